The lowest BCUT2D eigenvalue weighted by molar-refractivity contribution is 0.0858. The lowest BCUT2D eigenvalue weighted by atomic mass is 9.86. The van der Waals surface area contributed by atoms with Gasteiger partial charge in [-0.25, -0.2) is 0 Å². The molecule has 0 N–H and O–H groups in total. The minimum atomic E-state index is -0.338. The maximum Gasteiger partial charge on any atom is 0.168 e. The molecule has 0 aliphatic rings. The van der Waals surface area contributed by atoms with Crippen LogP contribution < -0.4 is 4.74 Å². The molecule has 0 fully saturated rings. The quantitative estimate of drug-likeness (QED) is 0.551. The molecule has 20 heavy (non-hydrogen) atoms. The van der Waals surface area contributed by atoms with Crippen LogP contribution in [0.5, 0.6) is 5.75 Å². The average molecular weight is 276 g/mol. The summed E-state index contributed by atoms with van der Waals surface area (Å²) in [6.07, 6.45) is 2.19. The Morgan fingerprint density at radius 3 is 2.00 bits per heavy atom. The zero-order valence-corrected chi connectivity index (χ0v) is 13.7. The van der Waals surface area contributed by atoms with E-state index in [4.69, 9.17) is 4.74 Å². The van der Waals surface area contributed by atoms with Crippen molar-refractivity contribution >= 4 is 5.78 Å². The van der Waals surface area contributed by atoms with Crippen LogP contribution in [0.4, 0.5) is 0 Å². The summed E-state index contributed by atoms with van der Waals surface area (Å²) in [6.45, 7) is 13.2. The number of ketones is 1. The molecular formula is C18H28O2. The highest BCUT2D eigenvalue weighted by Gasteiger charge is 2.22. The monoisotopic (exact) mass is 276 g/mol. The summed E-state index contributed by atoms with van der Waals surface area (Å²) < 4.78 is 5.71. The molecule has 0 amide bonds. The lowest BCUT2D eigenvalue weighted by Gasteiger charge is -2.18. The van der Waals surface area contributed by atoms with E-state index in [1.54, 1.807) is 0 Å². The Bertz CT molecular complexity index is 430. The van der Waals surface area contributed by atoms with Gasteiger partial charge in [0.25, 0.3) is 0 Å². The highest BCUT2D eigenvalue weighted by atomic mass is 16.5. The van der Waals surface area contributed by atoms with Crippen molar-refractivity contribution in [3.8, 4) is 5.75 Å². The molecule has 0 heterocycles. The molecule has 2 heteroatoms. The molecule has 0 spiro atoms. The van der Waals surface area contributed by atoms with Crippen molar-refractivity contribution in [1.82, 2.24) is 0 Å². The largest absolute Gasteiger partial charge is 0.494 e. The van der Waals surface area contributed by atoms with E-state index >= 15 is 0 Å². The molecule has 0 aliphatic heterocycles. The summed E-state index contributed by atoms with van der Waals surface area (Å²) in [7, 11) is 0. The van der Waals surface area contributed by atoms with Crippen LogP contribution >= 0.6 is 0 Å². The summed E-state index contributed by atoms with van der Waals surface area (Å²) in [5, 5.41) is 0. The molecule has 0 unspecified atom stereocenters. The molecule has 0 atom stereocenters. The second kappa shape index (κ2) is 6.43. The van der Waals surface area contributed by atoms with Crippen molar-refractivity contribution in [2.24, 2.45) is 10.8 Å². The zero-order valence-electron chi connectivity index (χ0n) is 13.7. The van der Waals surface area contributed by atoms with E-state index < -0.39 is 0 Å². The van der Waals surface area contributed by atoms with Crippen molar-refractivity contribution < 1.29 is 9.53 Å². The molecule has 0 aliphatic carbocycles. The standard InChI is InChI=1S/C18H28O2/c1-17(2,3)12-7-13-20-15-10-8-14(9-11-15)16(19)18(4,5)6/h8-11H,7,12-13H2,1-6H3. The third-order valence-corrected chi connectivity index (χ3v) is 3.14. The first-order chi connectivity index (χ1) is 9.09. The van der Waals surface area contributed by atoms with Crippen LogP contribution in [0.15, 0.2) is 24.3 Å². The lowest BCUT2D eigenvalue weighted by Crippen LogP contribution is -2.19. The Hall–Kier alpha value is -1.31. The maximum atomic E-state index is 12.1. The highest BCUT2D eigenvalue weighted by Crippen LogP contribution is 2.23. The molecule has 1 rings (SSSR count). The van der Waals surface area contributed by atoms with Gasteiger partial charge in [-0.2, -0.15) is 0 Å². The fourth-order valence-electron chi connectivity index (χ4n) is 1.93. The Morgan fingerprint density at radius 2 is 1.55 bits per heavy atom. The van der Waals surface area contributed by atoms with E-state index in [2.05, 4.69) is 20.8 Å². The molecule has 0 radical (unpaired) electrons. The molecule has 0 saturated carbocycles. The number of carbonyl (C=O) groups excluding carboxylic acids is 1. The SMILES string of the molecule is CC(C)(C)CCCOc1ccc(C(=O)C(C)(C)C)cc1. The van der Waals surface area contributed by atoms with Crippen molar-refractivity contribution in [3.63, 3.8) is 0 Å². The summed E-state index contributed by atoms with van der Waals surface area (Å²) in [5.74, 6) is 1.00. The van der Waals surface area contributed by atoms with Crippen molar-refractivity contribution in [2.75, 3.05) is 6.61 Å². The third kappa shape index (κ3) is 5.77. The fourth-order valence-corrected chi connectivity index (χ4v) is 1.93. The van der Waals surface area contributed by atoms with Crippen LogP contribution in [-0.2, 0) is 0 Å². The second-order valence-corrected chi connectivity index (χ2v) is 7.62. The Balaban J connectivity index is 2.49. The van der Waals surface area contributed by atoms with Crippen LogP contribution in [0.25, 0.3) is 0 Å². The van der Waals surface area contributed by atoms with Gasteiger partial charge < -0.3 is 4.74 Å². The van der Waals surface area contributed by atoms with Crippen LogP contribution in [0.1, 0.15) is 64.7 Å². The smallest absolute Gasteiger partial charge is 0.168 e. The van der Waals surface area contributed by atoms with E-state index in [1.165, 1.54) is 0 Å². The zero-order chi connectivity index (χ0) is 15.4. The van der Waals surface area contributed by atoms with Gasteiger partial charge in [-0.3, -0.25) is 4.79 Å². The first-order valence-electron chi connectivity index (χ1n) is 7.37. The van der Waals surface area contributed by atoms with Gasteiger partial charge in [-0.1, -0.05) is 41.5 Å². The predicted octanol–water partition coefficient (Wildman–Crippen LogP) is 5.12. The molecule has 1 aromatic carbocycles. The van der Waals surface area contributed by atoms with Crippen LogP contribution in [0.2, 0.25) is 0 Å². The second-order valence-electron chi connectivity index (χ2n) is 7.62. The first kappa shape index (κ1) is 16.7. The van der Waals surface area contributed by atoms with Crippen molar-refractivity contribution in [2.45, 2.75) is 54.4 Å². The van der Waals surface area contributed by atoms with Gasteiger partial charge in [-0.15, -0.1) is 0 Å². The number of rotatable bonds is 5. The van der Waals surface area contributed by atoms with Crippen LogP contribution in [-0.4, -0.2) is 12.4 Å². The van der Waals surface area contributed by atoms with Gasteiger partial charge in [0.2, 0.25) is 0 Å². The van der Waals surface area contributed by atoms with E-state index in [0.29, 0.717) is 5.41 Å². The van der Waals surface area contributed by atoms with Crippen molar-refractivity contribution in [1.29, 1.82) is 0 Å². The summed E-state index contributed by atoms with van der Waals surface area (Å²) in [5.41, 5.74) is 0.765. The van der Waals surface area contributed by atoms with Gasteiger partial charge in [0.15, 0.2) is 5.78 Å². The average Bonchev–Trinajstić information content (AvgIpc) is 2.32. The van der Waals surface area contributed by atoms with E-state index in [1.807, 2.05) is 45.0 Å². The number of hydrogen-bond acceptors (Lipinski definition) is 2. The van der Waals surface area contributed by atoms with Crippen LogP contribution in [0.3, 0.4) is 0 Å². The first-order valence-corrected chi connectivity index (χ1v) is 7.37. The third-order valence-electron chi connectivity index (χ3n) is 3.14. The topological polar surface area (TPSA) is 26.3 Å². The fraction of sp³-hybridized carbons (Fsp3) is 0.611. The molecule has 0 saturated heterocycles. The van der Waals surface area contributed by atoms with Gasteiger partial charge in [0.1, 0.15) is 5.75 Å². The Kier molecular flexibility index (Phi) is 5.38. The summed E-state index contributed by atoms with van der Waals surface area (Å²) in [6, 6.07) is 7.48. The van der Waals surface area contributed by atoms with E-state index in [0.717, 1.165) is 30.8 Å². The Labute approximate surface area is 123 Å². The molecule has 1 aromatic rings. The number of Topliss-reactive ketones (excluding diaryl/α,β-unsaturated/α-hetero) is 1. The molecular weight excluding hydrogens is 248 g/mol. The van der Waals surface area contributed by atoms with Crippen molar-refractivity contribution in [3.05, 3.63) is 29.8 Å². The van der Waals surface area contributed by atoms with E-state index in [-0.39, 0.29) is 11.2 Å². The molecule has 0 aromatic heterocycles. The van der Waals surface area contributed by atoms with Gasteiger partial charge in [-0.05, 0) is 42.5 Å². The van der Waals surface area contributed by atoms with Gasteiger partial charge in [0.05, 0.1) is 6.61 Å². The number of ether oxygens (including phenoxy) is 1. The van der Waals surface area contributed by atoms with Gasteiger partial charge >= 0.3 is 0 Å². The van der Waals surface area contributed by atoms with E-state index in [9.17, 15) is 4.79 Å². The predicted molar refractivity (Wildman–Crippen MR) is 84.4 cm³/mol. The normalized spacial score (nSPS) is 12.3. The molecule has 2 nitrogen and oxygen atoms in total. The Morgan fingerprint density at radius 1 is 1.00 bits per heavy atom. The minimum Gasteiger partial charge on any atom is -0.494 e. The maximum absolute atomic E-state index is 12.1. The number of benzene rings is 1. The molecule has 112 valence electrons. The number of hydrogen-bond donors (Lipinski definition) is 0. The summed E-state index contributed by atoms with van der Waals surface area (Å²) >= 11 is 0. The summed E-state index contributed by atoms with van der Waals surface area (Å²) in [4.78, 5) is 12.1. The minimum absolute atomic E-state index is 0.164. The van der Waals surface area contributed by atoms with Gasteiger partial charge in [0, 0.05) is 11.0 Å². The van der Waals surface area contributed by atoms with Crippen LogP contribution in [0, 0.1) is 10.8 Å². The number of carbonyl (C=O) groups is 1. The highest BCUT2D eigenvalue weighted by molar-refractivity contribution is 5.99. The molecule has 0 bridgehead atoms.